The van der Waals surface area contributed by atoms with Crippen LogP contribution in [0.2, 0.25) is 0 Å². The minimum absolute atomic E-state index is 0.0122. The van der Waals surface area contributed by atoms with Crippen LogP contribution in [-0.4, -0.2) is 56.3 Å². The van der Waals surface area contributed by atoms with Gasteiger partial charge in [-0.15, -0.1) is 0 Å². The molecule has 0 saturated carbocycles. The average Bonchev–Trinajstić information content (AvgIpc) is 2.87. The Morgan fingerprint density at radius 3 is 2.59 bits per heavy atom. The molecule has 2 aliphatic heterocycles. The van der Waals surface area contributed by atoms with Crippen molar-refractivity contribution in [2.45, 2.75) is 38.4 Å². The molecule has 32 heavy (non-hydrogen) atoms. The normalized spacial score (nSPS) is 17.1. The third kappa shape index (κ3) is 4.62. The fourth-order valence-corrected chi connectivity index (χ4v) is 4.69. The largest absolute Gasteiger partial charge is 0.366 e. The van der Waals surface area contributed by atoms with Crippen molar-refractivity contribution in [1.82, 2.24) is 24.8 Å². The molecule has 2 aliphatic rings. The van der Waals surface area contributed by atoms with Crippen LogP contribution >= 0.6 is 0 Å². The van der Waals surface area contributed by atoms with Gasteiger partial charge in [-0.25, -0.2) is 9.97 Å². The molecule has 1 aromatic carbocycles. The lowest BCUT2D eigenvalue weighted by molar-refractivity contribution is 0.0594. The average molecular weight is 429 g/mol. The number of nitrogens with zero attached hydrogens (tertiary/aromatic N) is 5. The first-order chi connectivity index (χ1) is 15.8. The molecule has 0 spiro atoms. The Morgan fingerprint density at radius 2 is 1.78 bits per heavy atom. The van der Waals surface area contributed by atoms with E-state index in [1.807, 2.05) is 17.0 Å². The van der Waals surface area contributed by atoms with Crippen LogP contribution < -0.4 is 5.32 Å². The highest BCUT2D eigenvalue weighted by Gasteiger charge is 2.29. The second-order valence-corrected chi connectivity index (χ2v) is 8.51. The third-order valence-electron chi connectivity index (χ3n) is 6.54. The Morgan fingerprint density at radius 1 is 1.00 bits per heavy atom. The van der Waals surface area contributed by atoms with Crippen molar-refractivity contribution in [3.8, 4) is 0 Å². The Kier molecular flexibility index (Phi) is 6.07. The Labute approximate surface area is 188 Å². The Balaban J connectivity index is 1.16. The highest BCUT2D eigenvalue weighted by Crippen LogP contribution is 2.25. The maximum Gasteiger partial charge on any atom is 0.272 e. The van der Waals surface area contributed by atoms with Gasteiger partial charge in [0.05, 0.1) is 0 Å². The zero-order valence-electron chi connectivity index (χ0n) is 18.2. The molecule has 4 heterocycles. The number of hydrogen-bond donors (Lipinski definition) is 1. The second-order valence-electron chi connectivity index (χ2n) is 8.51. The summed E-state index contributed by atoms with van der Waals surface area (Å²) >= 11 is 0. The summed E-state index contributed by atoms with van der Waals surface area (Å²) in [6.07, 6.45) is 8.11. The zero-order chi connectivity index (χ0) is 21.8. The van der Waals surface area contributed by atoms with Crippen LogP contribution in [0.1, 0.15) is 40.0 Å². The lowest BCUT2D eigenvalue weighted by atomic mass is 9.95. The Hall–Kier alpha value is -3.32. The minimum atomic E-state index is -0.0122. The monoisotopic (exact) mass is 428 g/mol. The van der Waals surface area contributed by atoms with E-state index in [1.54, 1.807) is 18.5 Å². The van der Waals surface area contributed by atoms with Crippen molar-refractivity contribution >= 4 is 11.7 Å². The number of anilines is 1. The first kappa shape index (κ1) is 20.6. The molecule has 3 aromatic rings. The molecule has 5 rings (SSSR count). The smallest absolute Gasteiger partial charge is 0.272 e. The fourth-order valence-electron chi connectivity index (χ4n) is 4.69. The van der Waals surface area contributed by atoms with Gasteiger partial charge < -0.3 is 10.2 Å². The highest BCUT2D eigenvalue weighted by molar-refractivity contribution is 5.93. The fraction of sp³-hybridized carbons (Fsp3) is 0.360. The molecular weight excluding hydrogens is 400 g/mol. The number of nitrogens with one attached hydrogen (secondary N) is 1. The molecule has 0 aliphatic carbocycles. The van der Waals surface area contributed by atoms with Crippen LogP contribution in [-0.2, 0) is 19.5 Å². The number of pyridine rings is 1. The van der Waals surface area contributed by atoms with Gasteiger partial charge in [0.15, 0.2) is 0 Å². The second kappa shape index (κ2) is 9.44. The van der Waals surface area contributed by atoms with Gasteiger partial charge in [0.2, 0.25) is 0 Å². The lowest BCUT2D eigenvalue weighted by Crippen LogP contribution is -2.48. The van der Waals surface area contributed by atoms with Gasteiger partial charge >= 0.3 is 0 Å². The SMILES string of the molecule is O=C(c1cc(NCc2ccncc2)ncn1)N1CCC(N2CCc3ccccc3C2)CC1. The standard InChI is InChI=1S/C25H28N6O/c32-25(23-15-24(29-18-28-23)27-16-19-5-10-26-11-6-19)30-13-8-22(9-14-30)31-12-7-20-3-1-2-4-21(20)17-31/h1-6,10-11,15,18,22H,7-9,12-14,16-17H2,(H,27,28,29). The van der Waals surface area contributed by atoms with Crippen LogP contribution in [0.4, 0.5) is 5.82 Å². The van der Waals surface area contributed by atoms with Gasteiger partial charge in [-0.05, 0) is 48.1 Å². The summed E-state index contributed by atoms with van der Waals surface area (Å²) in [5.41, 5.74) is 4.48. The molecule has 0 unspecified atom stereocenters. The van der Waals surface area contributed by atoms with Crippen molar-refractivity contribution < 1.29 is 4.79 Å². The first-order valence-electron chi connectivity index (χ1n) is 11.3. The maximum atomic E-state index is 13.1. The number of piperidine rings is 1. The molecule has 0 bridgehead atoms. The van der Waals surface area contributed by atoms with Crippen molar-refractivity contribution in [1.29, 1.82) is 0 Å². The molecule has 2 aromatic heterocycles. The summed E-state index contributed by atoms with van der Waals surface area (Å²) in [7, 11) is 0. The van der Waals surface area contributed by atoms with Gasteiger partial charge in [0, 0.05) is 57.2 Å². The van der Waals surface area contributed by atoms with Crippen LogP contribution in [0.25, 0.3) is 0 Å². The van der Waals surface area contributed by atoms with E-state index in [4.69, 9.17) is 0 Å². The van der Waals surface area contributed by atoms with E-state index in [9.17, 15) is 4.79 Å². The first-order valence-corrected chi connectivity index (χ1v) is 11.3. The Bertz CT molecular complexity index is 1060. The maximum absolute atomic E-state index is 13.1. The zero-order valence-corrected chi connectivity index (χ0v) is 18.2. The third-order valence-corrected chi connectivity index (χ3v) is 6.54. The van der Waals surface area contributed by atoms with Crippen LogP contribution in [0.5, 0.6) is 0 Å². The van der Waals surface area contributed by atoms with E-state index in [1.165, 1.54) is 17.5 Å². The quantitative estimate of drug-likeness (QED) is 0.673. The number of likely N-dealkylation sites (tertiary alicyclic amines) is 1. The highest BCUT2D eigenvalue weighted by atomic mass is 16.2. The topological polar surface area (TPSA) is 74.2 Å². The summed E-state index contributed by atoms with van der Waals surface area (Å²) in [5, 5.41) is 3.26. The van der Waals surface area contributed by atoms with Crippen LogP contribution in [0.3, 0.4) is 0 Å². The molecule has 164 valence electrons. The number of rotatable bonds is 5. The summed E-state index contributed by atoms with van der Waals surface area (Å²) in [6, 6.07) is 14.9. The number of benzene rings is 1. The van der Waals surface area contributed by atoms with Crippen LogP contribution in [0.15, 0.2) is 61.2 Å². The molecule has 0 radical (unpaired) electrons. The molecule has 1 N–H and O–H groups in total. The summed E-state index contributed by atoms with van der Waals surface area (Å²) in [6.45, 7) is 4.29. The van der Waals surface area contributed by atoms with Gasteiger partial charge in [0.1, 0.15) is 17.8 Å². The van der Waals surface area contributed by atoms with Crippen molar-refractivity contribution in [3.63, 3.8) is 0 Å². The van der Waals surface area contributed by atoms with Gasteiger partial charge in [-0.2, -0.15) is 0 Å². The molecule has 0 atom stereocenters. The molecule has 1 fully saturated rings. The van der Waals surface area contributed by atoms with Crippen molar-refractivity contribution in [2.75, 3.05) is 25.0 Å². The summed E-state index contributed by atoms with van der Waals surface area (Å²) < 4.78 is 0. The van der Waals surface area contributed by atoms with Gasteiger partial charge in [-0.3, -0.25) is 14.7 Å². The van der Waals surface area contributed by atoms with E-state index in [-0.39, 0.29) is 5.91 Å². The molecule has 7 nitrogen and oxygen atoms in total. The van der Waals surface area contributed by atoms with Gasteiger partial charge in [0.25, 0.3) is 5.91 Å². The van der Waals surface area contributed by atoms with Crippen molar-refractivity contribution in [3.05, 3.63) is 83.6 Å². The minimum Gasteiger partial charge on any atom is -0.366 e. The molecular formula is C25H28N6O. The summed E-state index contributed by atoms with van der Waals surface area (Å²) in [5.74, 6) is 0.642. The number of aromatic nitrogens is 3. The van der Waals surface area contributed by atoms with Crippen LogP contribution in [0, 0.1) is 0 Å². The predicted molar refractivity (Wildman–Crippen MR) is 123 cm³/mol. The van der Waals surface area contributed by atoms with Gasteiger partial charge in [-0.1, -0.05) is 24.3 Å². The molecule has 1 saturated heterocycles. The number of hydrogen-bond acceptors (Lipinski definition) is 6. The van der Waals surface area contributed by atoms with E-state index in [0.29, 0.717) is 24.1 Å². The molecule has 1 amide bonds. The van der Waals surface area contributed by atoms with E-state index < -0.39 is 0 Å². The predicted octanol–water partition coefficient (Wildman–Crippen LogP) is 3.15. The number of carbonyl (C=O) groups excluding carboxylic acids is 1. The van der Waals surface area contributed by atoms with E-state index in [2.05, 4.69) is 49.4 Å². The lowest BCUT2D eigenvalue weighted by Gasteiger charge is -2.40. The number of fused-ring (bicyclic) bond motifs is 1. The number of amides is 1. The number of carbonyl (C=O) groups is 1. The van der Waals surface area contributed by atoms with E-state index >= 15 is 0 Å². The summed E-state index contributed by atoms with van der Waals surface area (Å²) in [4.78, 5) is 30.1. The van der Waals surface area contributed by atoms with Crippen molar-refractivity contribution in [2.24, 2.45) is 0 Å². The van der Waals surface area contributed by atoms with E-state index in [0.717, 1.165) is 51.0 Å². The molecule has 7 heteroatoms.